The van der Waals surface area contributed by atoms with Gasteiger partial charge in [0.25, 0.3) is 0 Å². The van der Waals surface area contributed by atoms with Crippen molar-refractivity contribution in [1.82, 2.24) is 13.7 Å². The number of hydrogen-bond acceptors (Lipinski definition) is 1. The molecule has 1 aromatic heterocycles. The predicted molar refractivity (Wildman–Crippen MR) is 71.2 cm³/mol. The van der Waals surface area contributed by atoms with Crippen molar-refractivity contribution in [3.05, 3.63) is 36.5 Å². The predicted octanol–water partition coefficient (Wildman–Crippen LogP) is -0.475. The largest absolute Gasteiger partial charge is 1.00 e. The van der Waals surface area contributed by atoms with Gasteiger partial charge in [0, 0.05) is 0 Å². The molecule has 1 heterocycles. The summed E-state index contributed by atoms with van der Waals surface area (Å²) in [4.78, 5) is 0. The molecule has 0 aliphatic rings. The SMILES string of the molecule is CN(C)P(=O)(N(C)C)n1ccc2ccc[c-]c21.[Li+]. The van der Waals surface area contributed by atoms with Crippen LogP contribution in [0.3, 0.4) is 0 Å². The molecule has 0 bridgehead atoms. The van der Waals surface area contributed by atoms with Crippen LogP contribution in [0.1, 0.15) is 0 Å². The third kappa shape index (κ3) is 2.32. The first-order valence-electron chi connectivity index (χ1n) is 5.42. The van der Waals surface area contributed by atoms with Gasteiger partial charge in [-0.3, -0.25) is 8.90 Å². The van der Waals surface area contributed by atoms with Crippen LogP contribution in [0.25, 0.3) is 10.9 Å². The van der Waals surface area contributed by atoms with E-state index >= 15 is 0 Å². The Labute approximate surface area is 120 Å². The molecule has 0 saturated carbocycles. The van der Waals surface area contributed by atoms with Crippen LogP contribution in [-0.4, -0.2) is 41.9 Å². The van der Waals surface area contributed by atoms with E-state index in [1.165, 1.54) is 0 Å². The first-order valence-corrected chi connectivity index (χ1v) is 6.98. The number of aromatic nitrogens is 1. The van der Waals surface area contributed by atoms with Crippen LogP contribution in [-0.2, 0) is 4.57 Å². The Morgan fingerprint density at radius 1 is 1.17 bits per heavy atom. The minimum atomic E-state index is -2.76. The quantitative estimate of drug-likeness (QED) is 0.422. The Hall–Kier alpha value is -0.493. The van der Waals surface area contributed by atoms with E-state index in [1.54, 1.807) is 9.34 Å². The van der Waals surface area contributed by atoms with Crippen molar-refractivity contribution in [3.63, 3.8) is 0 Å². The van der Waals surface area contributed by atoms with Gasteiger partial charge in [0.1, 0.15) is 0 Å². The maximum Gasteiger partial charge on any atom is 1.00 e. The summed E-state index contributed by atoms with van der Waals surface area (Å²) in [5.74, 6) is 0. The molecular weight excluding hydrogens is 240 g/mol. The number of benzene rings is 1. The second kappa shape index (κ2) is 5.65. The van der Waals surface area contributed by atoms with Crippen molar-refractivity contribution in [2.75, 3.05) is 28.2 Å². The fourth-order valence-corrected chi connectivity index (χ4v) is 4.12. The molecule has 6 heteroatoms. The third-order valence-corrected chi connectivity index (χ3v) is 5.79. The summed E-state index contributed by atoms with van der Waals surface area (Å²) in [6, 6.07) is 10.9. The minimum absolute atomic E-state index is 0. The Bertz CT molecular complexity index is 567. The van der Waals surface area contributed by atoms with Crippen molar-refractivity contribution < 1.29 is 23.4 Å². The summed E-state index contributed by atoms with van der Waals surface area (Å²) in [6.45, 7) is 0. The number of rotatable bonds is 3. The zero-order chi connectivity index (χ0) is 12.6. The molecule has 1 aromatic carbocycles. The van der Waals surface area contributed by atoms with E-state index in [0.717, 1.165) is 10.9 Å². The van der Waals surface area contributed by atoms with E-state index in [4.69, 9.17) is 0 Å². The van der Waals surface area contributed by atoms with Crippen LogP contribution < -0.4 is 18.9 Å². The van der Waals surface area contributed by atoms with Gasteiger partial charge in [-0.05, 0) is 34.4 Å². The van der Waals surface area contributed by atoms with Crippen molar-refractivity contribution in [2.24, 2.45) is 0 Å². The van der Waals surface area contributed by atoms with E-state index in [9.17, 15) is 4.57 Å². The standard InChI is InChI=1S/C12H17N3OP.Li/c1-13(2)17(16,14(3)4)15-10-9-11-7-5-6-8-12(11)15;/h5-7,9-10H,1-4H3;/q-1;+1. The molecule has 2 aromatic rings. The fourth-order valence-electron chi connectivity index (χ4n) is 1.96. The first-order chi connectivity index (χ1) is 7.98. The maximum absolute atomic E-state index is 13.1. The topological polar surface area (TPSA) is 28.5 Å². The Morgan fingerprint density at radius 2 is 1.78 bits per heavy atom. The van der Waals surface area contributed by atoms with E-state index in [0.29, 0.717) is 0 Å². The molecule has 0 atom stereocenters. The van der Waals surface area contributed by atoms with Crippen LogP contribution in [0.15, 0.2) is 30.5 Å². The molecule has 0 spiro atoms. The fraction of sp³-hybridized carbons (Fsp3) is 0.333. The molecular formula is C12H17LiN3OP. The van der Waals surface area contributed by atoms with Gasteiger partial charge >= 0.3 is 26.5 Å². The second-order valence-corrected chi connectivity index (χ2v) is 7.40. The number of fused-ring (bicyclic) bond motifs is 1. The monoisotopic (exact) mass is 257 g/mol. The Balaban J connectivity index is 0.00000162. The van der Waals surface area contributed by atoms with E-state index < -0.39 is 7.59 Å². The zero-order valence-electron chi connectivity index (χ0n) is 11.6. The van der Waals surface area contributed by atoms with Gasteiger partial charge in [-0.1, -0.05) is 11.6 Å². The van der Waals surface area contributed by atoms with Crippen LogP contribution in [0, 0.1) is 6.07 Å². The first kappa shape index (κ1) is 15.6. The summed E-state index contributed by atoms with van der Waals surface area (Å²) in [6.07, 6.45) is 1.86. The molecule has 4 nitrogen and oxygen atoms in total. The van der Waals surface area contributed by atoms with Crippen molar-refractivity contribution >= 4 is 18.5 Å². The van der Waals surface area contributed by atoms with E-state index in [2.05, 4.69) is 6.07 Å². The van der Waals surface area contributed by atoms with Gasteiger partial charge in [0.2, 0.25) is 0 Å². The van der Waals surface area contributed by atoms with Crippen molar-refractivity contribution in [2.45, 2.75) is 0 Å². The summed E-state index contributed by atoms with van der Waals surface area (Å²) < 4.78 is 18.4. The molecule has 0 aliphatic heterocycles. The summed E-state index contributed by atoms with van der Waals surface area (Å²) >= 11 is 0. The summed E-state index contributed by atoms with van der Waals surface area (Å²) in [5.41, 5.74) is 0.873. The van der Waals surface area contributed by atoms with Gasteiger partial charge in [-0.25, -0.2) is 9.34 Å². The van der Waals surface area contributed by atoms with E-state index in [-0.39, 0.29) is 18.9 Å². The molecule has 18 heavy (non-hydrogen) atoms. The number of para-hydroxylation sites is 1. The molecule has 0 unspecified atom stereocenters. The maximum atomic E-state index is 13.1. The molecule has 92 valence electrons. The van der Waals surface area contributed by atoms with Crippen molar-refractivity contribution in [3.8, 4) is 0 Å². The van der Waals surface area contributed by atoms with Crippen molar-refractivity contribution in [1.29, 1.82) is 0 Å². The Kier molecular flexibility index (Phi) is 4.89. The zero-order valence-corrected chi connectivity index (χ0v) is 12.5. The molecule has 0 fully saturated rings. The van der Waals surface area contributed by atoms with Gasteiger partial charge in [-0.2, -0.15) is 24.3 Å². The van der Waals surface area contributed by atoms with Gasteiger partial charge in [-0.15, -0.1) is 5.39 Å². The number of hydrogen-bond donors (Lipinski definition) is 0. The summed E-state index contributed by atoms with van der Waals surface area (Å²) in [7, 11) is 4.55. The molecule has 0 radical (unpaired) electrons. The average Bonchev–Trinajstić information content (AvgIpc) is 2.71. The molecule has 0 N–H and O–H groups in total. The third-order valence-electron chi connectivity index (χ3n) is 2.81. The molecule has 0 saturated heterocycles. The smallest absolute Gasteiger partial charge is 0.299 e. The van der Waals surface area contributed by atoms with Gasteiger partial charge < -0.3 is 0 Å². The average molecular weight is 257 g/mol. The van der Waals surface area contributed by atoms with Crippen LogP contribution in [0.2, 0.25) is 0 Å². The van der Waals surface area contributed by atoms with Crippen LogP contribution in [0.5, 0.6) is 0 Å². The minimum Gasteiger partial charge on any atom is -0.299 e. The Morgan fingerprint density at radius 3 is 2.33 bits per heavy atom. The summed E-state index contributed by atoms with van der Waals surface area (Å²) in [5, 5.41) is 1.05. The molecule has 2 rings (SSSR count). The normalized spacial score (nSPS) is 12.1. The molecule has 0 aliphatic carbocycles. The van der Waals surface area contributed by atoms with Crippen LogP contribution >= 0.6 is 7.59 Å². The molecule has 0 amide bonds. The van der Waals surface area contributed by atoms with Crippen LogP contribution in [0.4, 0.5) is 0 Å². The van der Waals surface area contributed by atoms with Gasteiger partial charge in [0.05, 0.1) is 0 Å². The van der Waals surface area contributed by atoms with Gasteiger partial charge in [0.15, 0.2) is 0 Å². The second-order valence-electron chi connectivity index (χ2n) is 4.34. The van der Waals surface area contributed by atoms with E-state index in [1.807, 2.05) is 63.0 Å². The number of nitrogens with zero attached hydrogens (tertiary/aromatic N) is 3.